The maximum atomic E-state index is 13.5. The Kier molecular flexibility index (Phi) is 10.1. The first kappa shape index (κ1) is 29.0. The van der Waals surface area contributed by atoms with Crippen molar-refractivity contribution in [3.63, 3.8) is 0 Å². The third-order valence-electron chi connectivity index (χ3n) is 6.52. The van der Waals surface area contributed by atoms with Gasteiger partial charge in [-0.15, -0.1) is 0 Å². The molecule has 202 valence electrons. The van der Waals surface area contributed by atoms with Crippen LogP contribution < -0.4 is 4.74 Å². The summed E-state index contributed by atoms with van der Waals surface area (Å²) in [5, 5.41) is 9.01. The van der Waals surface area contributed by atoms with Gasteiger partial charge < -0.3 is 9.84 Å². The normalized spacial score (nSPS) is 12.4. The van der Waals surface area contributed by atoms with Gasteiger partial charge in [0.1, 0.15) is 5.75 Å². The maximum Gasteiger partial charge on any atom is 0.416 e. The Morgan fingerprint density at radius 1 is 1.05 bits per heavy atom. The van der Waals surface area contributed by atoms with Gasteiger partial charge in [-0.3, -0.25) is 9.69 Å². The number of hydrogen-bond donors (Lipinski definition) is 1. The summed E-state index contributed by atoms with van der Waals surface area (Å²) in [5.41, 5.74) is 3.01. The van der Waals surface area contributed by atoms with Crippen LogP contribution in [0.1, 0.15) is 47.1 Å². The lowest BCUT2D eigenvalue weighted by atomic mass is 9.92. The van der Waals surface area contributed by atoms with E-state index < -0.39 is 17.7 Å². The summed E-state index contributed by atoms with van der Waals surface area (Å²) in [6.07, 6.45) is -3.85. The number of aliphatic carboxylic acids is 1. The largest absolute Gasteiger partial charge is 0.494 e. The van der Waals surface area contributed by atoms with Crippen molar-refractivity contribution in [1.29, 1.82) is 0 Å². The fourth-order valence-electron chi connectivity index (χ4n) is 4.52. The zero-order valence-corrected chi connectivity index (χ0v) is 21.8. The highest BCUT2D eigenvalue weighted by molar-refractivity contribution is 5.70. The van der Waals surface area contributed by atoms with E-state index in [9.17, 15) is 18.0 Å². The minimum absolute atomic E-state index is 0.0240. The molecule has 0 aliphatic heterocycles. The van der Waals surface area contributed by atoms with Gasteiger partial charge in [0.2, 0.25) is 0 Å². The quantitative estimate of drug-likeness (QED) is 0.188. The van der Waals surface area contributed by atoms with Crippen molar-refractivity contribution < 1.29 is 27.8 Å². The Hall–Kier alpha value is -3.58. The van der Waals surface area contributed by atoms with Crippen LogP contribution in [0.3, 0.4) is 0 Å². The number of benzene rings is 3. The molecule has 4 nitrogen and oxygen atoms in total. The standard InChI is InChI=1S/C31H34F3NO3/c1-22(2)28(25-11-5-4-6-12-25)21-35(20-26-13-8-15-29(23(26)3)31(32,33)34)16-9-17-38-27-14-7-10-24(18-27)19-30(36)37/h4-8,10-15,18,28H,1,9,16-17,19-21H2,2-3H3,(H,36,37). The monoisotopic (exact) mass is 525 g/mol. The summed E-state index contributed by atoms with van der Waals surface area (Å²) in [4.78, 5) is 13.1. The van der Waals surface area contributed by atoms with Crippen LogP contribution in [0.25, 0.3) is 0 Å². The molecule has 0 aliphatic carbocycles. The van der Waals surface area contributed by atoms with E-state index in [1.165, 1.54) is 13.0 Å². The fraction of sp³-hybridized carbons (Fsp3) is 0.323. The minimum Gasteiger partial charge on any atom is -0.494 e. The molecule has 0 aliphatic rings. The summed E-state index contributed by atoms with van der Waals surface area (Å²) in [6.45, 7) is 9.62. The summed E-state index contributed by atoms with van der Waals surface area (Å²) in [5.74, 6) is -0.294. The van der Waals surface area contributed by atoms with E-state index in [2.05, 4.69) is 11.5 Å². The van der Waals surface area contributed by atoms with E-state index in [4.69, 9.17) is 9.84 Å². The van der Waals surface area contributed by atoms with Gasteiger partial charge >= 0.3 is 12.1 Å². The molecule has 0 saturated carbocycles. The average molecular weight is 526 g/mol. The lowest BCUT2D eigenvalue weighted by Gasteiger charge is -2.29. The van der Waals surface area contributed by atoms with E-state index in [1.807, 2.05) is 37.3 Å². The second kappa shape index (κ2) is 13.3. The Morgan fingerprint density at radius 3 is 2.42 bits per heavy atom. The van der Waals surface area contributed by atoms with Crippen LogP contribution >= 0.6 is 0 Å². The first-order chi connectivity index (χ1) is 18.0. The van der Waals surface area contributed by atoms with Crippen LogP contribution in [-0.4, -0.2) is 35.7 Å². The molecule has 7 heteroatoms. The molecule has 38 heavy (non-hydrogen) atoms. The van der Waals surface area contributed by atoms with E-state index >= 15 is 0 Å². The summed E-state index contributed by atoms with van der Waals surface area (Å²) in [7, 11) is 0. The predicted octanol–water partition coefficient (Wildman–Crippen LogP) is 7.27. The van der Waals surface area contributed by atoms with Crippen LogP contribution in [-0.2, 0) is 23.9 Å². The van der Waals surface area contributed by atoms with Crippen molar-refractivity contribution in [3.05, 3.63) is 113 Å². The lowest BCUT2D eigenvalue weighted by Crippen LogP contribution is -2.31. The first-order valence-corrected chi connectivity index (χ1v) is 12.6. The Labute approximate surface area is 222 Å². The molecular weight excluding hydrogens is 491 g/mol. The summed E-state index contributed by atoms with van der Waals surface area (Å²) >= 11 is 0. The Morgan fingerprint density at radius 2 is 1.76 bits per heavy atom. The molecule has 0 radical (unpaired) electrons. The van der Waals surface area contributed by atoms with Crippen molar-refractivity contribution >= 4 is 5.97 Å². The summed E-state index contributed by atoms with van der Waals surface area (Å²) in [6, 6.07) is 21.3. The van der Waals surface area contributed by atoms with Crippen molar-refractivity contribution in [3.8, 4) is 5.75 Å². The smallest absolute Gasteiger partial charge is 0.416 e. The number of carboxylic acids is 1. The number of halogens is 3. The van der Waals surface area contributed by atoms with E-state index in [1.54, 1.807) is 30.3 Å². The van der Waals surface area contributed by atoms with Gasteiger partial charge in [0.15, 0.2) is 0 Å². The van der Waals surface area contributed by atoms with Gasteiger partial charge in [0.25, 0.3) is 0 Å². The Balaban J connectivity index is 1.75. The molecule has 1 unspecified atom stereocenters. The number of carbonyl (C=O) groups is 1. The fourth-order valence-corrected chi connectivity index (χ4v) is 4.52. The second-order valence-electron chi connectivity index (χ2n) is 9.55. The molecular formula is C31H34F3NO3. The van der Waals surface area contributed by atoms with Crippen LogP contribution in [0.15, 0.2) is 84.9 Å². The molecule has 0 aromatic heterocycles. The van der Waals surface area contributed by atoms with Gasteiger partial charge in [-0.1, -0.05) is 66.7 Å². The van der Waals surface area contributed by atoms with Gasteiger partial charge in [0, 0.05) is 25.6 Å². The maximum absolute atomic E-state index is 13.5. The number of carboxylic acid groups (broad SMARTS) is 1. The van der Waals surface area contributed by atoms with Crippen molar-refractivity contribution in [2.24, 2.45) is 0 Å². The van der Waals surface area contributed by atoms with Gasteiger partial charge in [-0.25, -0.2) is 0 Å². The minimum atomic E-state index is -4.40. The molecule has 1 atom stereocenters. The molecule has 3 rings (SSSR count). The molecule has 0 fully saturated rings. The average Bonchev–Trinajstić information content (AvgIpc) is 2.85. The number of rotatable bonds is 13. The molecule has 3 aromatic carbocycles. The molecule has 1 N–H and O–H groups in total. The van der Waals surface area contributed by atoms with E-state index in [0.717, 1.165) is 17.2 Å². The molecule has 0 amide bonds. The van der Waals surface area contributed by atoms with Gasteiger partial charge in [-0.05, 0) is 60.7 Å². The van der Waals surface area contributed by atoms with Gasteiger partial charge in [-0.2, -0.15) is 13.2 Å². The lowest BCUT2D eigenvalue weighted by molar-refractivity contribution is -0.138. The molecule has 0 heterocycles. The van der Waals surface area contributed by atoms with Crippen molar-refractivity contribution in [2.45, 2.75) is 45.3 Å². The predicted molar refractivity (Wildman–Crippen MR) is 143 cm³/mol. The summed E-state index contributed by atoms with van der Waals surface area (Å²) < 4.78 is 46.5. The van der Waals surface area contributed by atoms with Crippen LogP contribution in [0.5, 0.6) is 5.75 Å². The second-order valence-corrected chi connectivity index (χ2v) is 9.55. The number of hydrogen-bond acceptors (Lipinski definition) is 3. The third-order valence-corrected chi connectivity index (χ3v) is 6.52. The van der Waals surface area contributed by atoms with Crippen molar-refractivity contribution in [2.75, 3.05) is 19.7 Å². The van der Waals surface area contributed by atoms with Crippen molar-refractivity contribution in [1.82, 2.24) is 4.90 Å². The van der Waals surface area contributed by atoms with Crippen LogP contribution in [0, 0.1) is 6.92 Å². The first-order valence-electron chi connectivity index (χ1n) is 12.6. The number of ether oxygens (including phenoxy) is 1. The van der Waals surface area contributed by atoms with E-state index in [0.29, 0.717) is 49.5 Å². The Bertz CT molecular complexity index is 1220. The van der Waals surface area contributed by atoms with Crippen LogP contribution in [0.4, 0.5) is 13.2 Å². The molecule has 0 bridgehead atoms. The zero-order chi connectivity index (χ0) is 27.7. The highest BCUT2D eigenvalue weighted by Gasteiger charge is 2.33. The zero-order valence-electron chi connectivity index (χ0n) is 21.8. The van der Waals surface area contributed by atoms with E-state index in [-0.39, 0.29) is 17.9 Å². The highest BCUT2D eigenvalue weighted by Crippen LogP contribution is 2.33. The number of alkyl halides is 3. The number of nitrogens with zero attached hydrogens (tertiary/aromatic N) is 1. The topological polar surface area (TPSA) is 49.8 Å². The van der Waals surface area contributed by atoms with Crippen LogP contribution in [0.2, 0.25) is 0 Å². The third kappa shape index (κ3) is 8.48. The van der Waals surface area contributed by atoms with Gasteiger partial charge in [0.05, 0.1) is 18.6 Å². The molecule has 0 spiro atoms. The molecule has 0 saturated heterocycles. The molecule has 3 aromatic rings. The SMILES string of the molecule is C=C(C)C(CN(CCCOc1cccc(CC(=O)O)c1)Cc1cccc(C(F)(F)F)c1C)c1ccccc1. The highest BCUT2D eigenvalue weighted by atomic mass is 19.4.